The number of rotatable bonds is 3. The molecule has 3 aliphatic rings. The van der Waals surface area contributed by atoms with Crippen molar-refractivity contribution in [2.45, 2.75) is 37.6 Å². The molecule has 3 atom stereocenters. The molecular weight excluding hydrogens is 258 g/mol. The van der Waals surface area contributed by atoms with Gasteiger partial charge in [0.1, 0.15) is 22.6 Å². The van der Waals surface area contributed by atoms with Crippen molar-refractivity contribution < 1.29 is 19.3 Å². The number of hydrogen-bond donors (Lipinski definition) is 2. The molecule has 4 rings (SSSR count). The van der Waals surface area contributed by atoms with Crippen molar-refractivity contribution in [2.24, 2.45) is 0 Å². The van der Waals surface area contributed by atoms with Crippen LogP contribution in [0.3, 0.4) is 0 Å². The minimum Gasteiger partial charge on any atom is -0.506 e. The summed E-state index contributed by atoms with van der Waals surface area (Å²) in [4.78, 5) is 0. The molecule has 1 aromatic carbocycles. The SMILES string of the molecule is CC1(c2cc(O)c(N)c(C3(C)CO3)c2C2(C)CO2)CO1. The van der Waals surface area contributed by atoms with E-state index in [0.717, 1.165) is 16.7 Å². The van der Waals surface area contributed by atoms with E-state index in [9.17, 15) is 5.11 Å². The second-order valence-electron chi connectivity index (χ2n) is 6.67. The van der Waals surface area contributed by atoms with E-state index >= 15 is 0 Å². The number of hydrogen-bond acceptors (Lipinski definition) is 5. The summed E-state index contributed by atoms with van der Waals surface area (Å²) in [6.45, 7) is 7.98. The highest BCUT2D eigenvalue weighted by atomic mass is 16.6. The average Bonchev–Trinajstić information content (AvgIpc) is 3.26. The van der Waals surface area contributed by atoms with Gasteiger partial charge in [-0.2, -0.15) is 0 Å². The van der Waals surface area contributed by atoms with Crippen molar-refractivity contribution in [3.8, 4) is 5.75 Å². The van der Waals surface area contributed by atoms with Crippen molar-refractivity contribution in [1.29, 1.82) is 0 Å². The number of phenolic OH excluding ortho intramolecular Hbond substituents is 1. The number of benzene rings is 1. The fourth-order valence-electron chi connectivity index (χ4n) is 2.97. The van der Waals surface area contributed by atoms with Gasteiger partial charge in [-0.25, -0.2) is 0 Å². The standard InChI is InChI=1S/C15H19NO4/c1-13(5-18-13)8-4-9(17)12(16)11(15(3)7-20-15)10(8)14(2)6-19-14/h4,17H,5-7,16H2,1-3H3. The second-order valence-corrected chi connectivity index (χ2v) is 6.67. The van der Waals surface area contributed by atoms with Crippen LogP contribution >= 0.6 is 0 Å². The van der Waals surface area contributed by atoms with Gasteiger partial charge in [0.15, 0.2) is 0 Å². The van der Waals surface area contributed by atoms with Crippen LogP contribution in [0, 0.1) is 0 Å². The van der Waals surface area contributed by atoms with Crippen LogP contribution < -0.4 is 5.73 Å². The largest absolute Gasteiger partial charge is 0.506 e. The predicted molar refractivity (Wildman–Crippen MR) is 72.4 cm³/mol. The number of nitrogens with two attached hydrogens (primary N) is 1. The second kappa shape index (κ2) is 3.30. The van der Waals surface area contributed by atoms with E-state index in [1.165, 1.54) is 0 Å². The Bertz CT molecular complexity index is 613. The average molecular weight is 277 g/mol. The Morgan fingerprint density at radius 2 is 1.40 bits per heavy atom. The van der Waals surface area contributed by atoms with Crippen molar-refractivity contribution in [2.75, 3.05) is 25.6 Å². The van der Waals surface area contributed by atoms with Gasteiger partial charge in [0.25, 0.3) is 0 Å². The monoisotopic (exact) mass is 277 g/mol. The maximum atomic E-state index is 10.2. The van der Waals surface area contributed by atoms with Gasteiger partial charge in [-0.05, 0) is 32.4 Å². The van der Waals surface area contributed by atoms with E-state index in [2.05, 4.69) is 0 Å². The Morgan fingerprint density at radius 3 is 1.85 bits per heavy atom. The first-order chi connectivity index (χ1) is 9.29. The molecule has 0 aromatic heterocycles. The number of aromatic hydroxyl groups is 1. The van der Waals surface area contributed by atoms with Crippen LogP contribution in [0.4, 0.5) is 5.69 Å². The maximum absolute atomic E-state index is 10.2. The molecule has 3 fully saturated rings. The fraction of sp³-hybridized carbons (Fsp3) is 0.600. The van der Waals surface area contributed by atoms with E-state index in [1.807, 2.05) is 20.8 Å². The summed E-state index contributed by atoms with van der Waals surface area (Å²) >= 11 is 0. The third-order valence-electron chi connectivity index (χ3n) is 4.71. The van der Waals surface area contributed by atoms with Crippen LogP contribution in [-0.4, -0.2) is 24.9 Å². The molecule has 108 valence electrons. The molecule has 0 bridgehead atoms. The highest BCUT2D eigenvalue weighted by molar-refractivity contribution is 5.68. The van der Waals surface area contributed by atoms with E-state index in [4.69, 9.17) is 19.9 Å². The first-order valence-electron chi connectivity index (χ1n) is 6.88. The zero-order valence-electron chi connectivity index (χ0n) is 11.9. The molecule has 0 radical (unpaired) electrons. The zero-order chi connectivity index (χ0) is 14.3. The summed E-state index contributed by atoms with van der Waals surface area (Å²) in [5, 5.41) is 10.2. The molecule has 0 saturated carbocycles. The minimum absolute atomic E-state index is 0.0939. The Labute approximate surface area is 117 Å². The highest BCUT2D eigenvalue weighted by Crippen LogP contribution is 2.56. The van der Waals surface area contributed by atoms with Crippen LogP contribution in [0.5, 0.6) is 5.75 Å². The fourth-order valence-corrected chi connectivity index (χ4v) is 2.97. The lowest BCUT2D eigenvalue weighted by molar-refractivity contribution is 0.290. The van der Waals surface area contributed by atoms with Crippen LogP contribution in [0.1, 0.15) is 37.5 Å². The normalized spacial score (nSPS) is 41.5. The lowest BCUT2D eigenvalue weighted by Gasteiger charge is -2.24. The number of anilines is 1. The molecule has 1 aromatic rings. The lowest BCUT2D eigenvalue weighted by atomic mass is 9.80. The molecule has 3 N–H and O–H groups in total. The van der Waals surface area contributed by atoms with Crippen molar-refractivity contribution in [3.05, 3.63) is 22.8 Å². The summed E-state index contributed by atoms with van der Waals surface area (Å²) in [6.07, 6.45) is 0. The first kappa shape index (κ1) is 12.4. The molecule has 3 aliphatic heterocycles. The molecule has 0 spiro atoms. The molecule has 0 aliphatic carbocycles. The van der Waals surface area contributed by atoms with Crippen molar-refractivity contribution in [1.82, 2.24) is 0 Å². The van der Waals surface area contributed by atoms with Gasteiger partial charge in [0, 0.05) is 11.1 Å². The summed E-state index contributed by atoms with van der Waals surface area (Å²) in [6, 6.07) is 1.72. The molecule has 20 heavy (non-hydrogen) atoms. The summed E-state index contributed by atoms with van der Waals surface area (Å²) in [5.74, 6) is 0.0939. The van der Waals surface area contributed by atoms with E-state index in [1.54, 1.807) is 6.07 Å². The van der Waals surface area contributed by atoms with Gasteiger partial charge in [0.2, 0.25) is 0 Å². The molecule has 3 heterocycles. The quantitative estimate of drug-likeness (QED) is 0.499. The van der Waals surface area contributed by atoms with Gasteiger partial charge in [0.05, 0.1) is 25.5 Å². The number of nitrogen functional groups attached to an aromatic ring is 1. The van der Waals surface area contributed by atoms with Crippen LogP contribution in [0.25, 0.3) is 0 Å². The predicted octanol–water partition coefficient (Wildman–Crippen LogP) is 1.71. The molecule has 0 amide bonds. The maximum Gasteiger partial charge on any atom is 0.139 e. The first-order valence-corrected chi connectivity index (χ1v) is 6.88. The Morgan fingerprint density at radius 1 is 0.950 bits per heavy atom. The third-order valence-corrected chi connectivity index (χ3v) is 4.71. The zero-order valence-corrected chi connectivity index (χ0v) is 11.9. The third kappa shape index (κ3) is 1.54. The van der Waals surface area contributed by atoms with Gasteiger partial charge < -0.3 is 25.1 Å². The van der Waals surface area contributed by atoms with Gasteiger partial charge >= 0.3 is 0 Å². The molecule has 5 heteroatoms. The van der Waals surface area contributed by atoms with E-state index in [0.29, 0.717) is 25.5 Å². The van der Waals surface area contributed by atoms with Gasteiger partial charge in [-0.3, -0.25) is 0 Å². The van der Waals surface area contributed by atoms with Gasteiger partial charge in [-0.15, -0.1) is 0 Å². The topological polar surface area (TPSA) is 83.8 Å². The summed E-state index contributed by atoms with van der Waals surface area (Å²) in [7, 11) is 0. The van der Waals surface area contributed by atoms with Crippen molar-refractivity contribution in [3.63, 3.8) is 0 Å². The van der Waals surface area contributed by atoms with Crippen LogP contribution in [-0.2, 0) is 31.0 Å². The molecular formula is C15H19NO4. The number of phenols is 1. The minimum atomic E-state index is -0.423. The Kier molecular flexibility index (Phi) is 2.05. The van der Waals surface area contributed by atoms with Crippen LogP contribution in [0.2, 0.25) is 0 Å². The number of ether oxygens (including phenoxy) is 3. The molecule has 3 saturated heterocycles. The Balaban J connectivity index is 2.03. The molecule has 3 unspecified atom stereocenters. The van der Waals surface area contributed by atoms with E-state index < -0.39 is 5.60 Å². The van der Waals surface area contributed by atoms with Crippen molar-refractivity contribution >= 4 is 5.69 Å². The van der Waals surface area contributed by atoms with Crippen LogP contribution in [0.15, 0.2) is 6.07 Å². The summed E-state index contributed by atoms with van der Waals surface area (Å²) in [5.41, 5.74) is 8.28. The smallest absolute Gasteiger partial charge is 0.139 e. The molecule has 5 nitrogen and oxygen atoms in total. The lowest BCUT2D eigenvalue weighted by Crippen LogP contribution is -2.22. The summed E-state index contributed by atoms with van der Waals surface area (Å²) < 4.78 is 16.8. The Hall–Kier alpha value is -1.30. The number of epoxide rings is 3. The van der Waals surface area contributed by atoms with E-state index in [-0.39, 0.29) is 17.0 Å². The highest BCUT2D eigenvalue weighted by Gasteiger charge is 2.56. The van der Waals surface area contributed by atoms with Gasteiger partial charge in [-0.1, -0.05) is 0 Å².